The van der Waals surface area contributed by atoms with Crippen LogP contribution in [0.4, 0.5) is 11.8 Å². The van der Waals surface area contributed by atoms with Crippen molar-refractivity contribution < 1.29 is 0 Å². The topological polar surface area (TPSA) is 63.8 Å². The van der Waals surface area contributed by atoms with Gasteiger partial charge in [-0.15, -0.1) is 0 Å². The Morgan fingerprint density at radius 1 is 1.41 bits per heavy atom. The molecule has 0 radical (unpaired) electrons. The molecule has 0 amide bonds. The van der Waals surface area contributed by atoms with Crippen LogP contribution in [0, 0.1) is 17.8 Å². The fourth-order valence-electron chi connectivity index (χ4n) is 3.36. The molecule has 2 saturated carbocycles. The highest BCUT2D eigenvalue weighted by molar-refractivity contribution is 9.10. The Hall–Kier alpha value is -0.840. The molecule has 0 aromatic carbocycles. The number of aromatic nitrogens is 2. The summed E-state index contributed by atoms with van der Waals surface area (Å²) in [5.41, 5.74) is 5.59. The second kappa shape index (κ2) is 4.44. The van der Waals surface area contributed by atoms with Gasteiger partial charge in [-0.25, -0.2) is 4.98 Å². The van der Waals surface area contributed by atoms with Crippen molar-refractivity contribution >= 4 is 27.7 Å². The van der Waals surface area contributed by atoms with E-state index in [4.69, 9.17) is 5.73 Å². The Kier molecular flexibility index (Phi) is 2.94. The highest BCUT2D eigenvalue weighted by Crippen LogP contribution is 2.48. The van der Waals surface area contributed by atoms with Crippen LogP contribution < -0.4 is 11.1 Å². The summed E-state index contributed by atoms with van der Waals surface area (Å²) in [5, 5.41) is 3.40. The number of hydrogen-bond acceptors (Lipinski definition) is 4. The van der Waals surface area contributed by atoms with Gasteiger partial charge in [0.15, 0.2) is 0 Å². The van der Waals surface area contributed by atoms with Crippen molar-refractivity contribution in [2.75, 3.05) is 17.6 Å². The minimum atomic E-state index is 0.323. The molecular formula is C12H17BrN4. The zero-order valence-electron chi connectivity index (χ0n) is 9.69. The molecule has 5 heteroatoms. The van der Waals surface area contributed by atoms with Crippen molar-refractivity contribution in [2.45, 2.75) is 25.7 Å². The average Bonchev–Trinajstić information content (AvgIpc) is 2.92. The van der Waals surface area contributed by atoms with Gasteiger partial charge >= 0.3 is 0 Å². The van der Waals surface area contributed by atoms with Gasteiger partial charge < -0.3 is 11.1 Å². The van der Waals surface area contributed by atoms with E-state index in [1.807, 2.05) is 0 Å². The van der Waals surface area contributed by atoms with Gasteiger partial charge in [0.25, 0.3) is 0 Å². The average molecular weight is 297 g/mol. The molecule has 1 aromatic rings. The van der Waals surface area contributed by atoms with Crippen LogP contribution in [-0.2, 0) is 0 Å². The minimum absolute atomic E-state index is 0.323. The molecule has 2 aliphatic carbocycles. The van der Waals surface area contributed by atoms with E-state index >= 15 is 0 Å². The Bertz CT molecular complexity index is 423. The third-order valence-corrected chi connectivity index (χ3v) is 4.76. The Balaban J connectivity index is 1.62. The number of nitrogens with zero attached hydrogens (tertiary/aromatic N) is 2. The molecule has 1 heterocycles. The first-order valence-electron chi connectivity index (χ1n) is 6.24. The molecule has 92 valence electrons. The molecule has 0 spiro atoms. The summed E-state index contributed by atoms with van der Waals surface area (Å²) < 4.78 is 0.884. The van der Waals surface area contributed by atoms with Crippen molar-refractivity contribution in [3.05, 3.63) is 10.7 Å². The van der Waals surface area contributed by atoms with E-state index in [0.717, 1.165) is 34.6 Å². The first-order valence-corrected chi connectivity index (χ1v) is 7.03. The van der Waals surface area contributed by atoms with Gasteiger partial charge in [0.1, 0.15) is 5.82 Å². The standard InChI is InChI=1S/C12H17BrN4/c13-10-6-16-12(14)17-11(10)15-5-9-4-7-1-2-8(9)3-7/h6-9H,1-5H2,(H3,14,15,16,17). The third kappa shape index (κ3) is 2.25. The van der Waals surface area contributed by atoms with Crippen LogP contribution in [-0.4, -0.2) is 16.5 Å². The summed E-state index contributed by atoms with van der Waals surface area (Å²) in [6.45, 7) is 1.01. The van der Waals surface area contributed by atoms with Crippen molar-refractivity contribution in [3.63, 3.8) is 0 Å². The van der Waals surface area contributed by atoms with E-state index in [-0.39, 0.29) is 0 Å². The van der Waals surface area contributed by atoms with Crippen molar-refractivity contribution in [1.29, 1.82) is 0 Å². The van der Waals surface area contributed by atoms with Crippen LogP contribution in [0.2, 0.25) is 0 Å². The monoisotopic (exact) mass is 296 g/mol. The van der Waals surface area contributed by atoms with Gasteiger partial charge in [-0.05, 0) is 52.9 Å². The van der Waals surface area contributed by atoms with Crippen LogP contribution in [0.15, 0.2) is 10.7 Å². The van der Waals surface area contributed by atoms with Crippen LogP contribution in [0.3, 0.4) is 0 Å². The first kappa shape index (κ1) is 11.3. The number of anilines is 2. The van der Waals surface area contributed by atoms with E-state index in [1.165, 1.54) is 25.7 Å². The van der Waals surface area contributed by atoms with E-state index < -0.39 is 0 Å². The summed E-state index contributed by atoms with van der Waals surface area (Å²) >= 11 is 3.44. The summed E-state index contributed by atoms with van der Waals surface area (Å²) in [6, 6.07) is 0. The van der Waals surface area contributed by atoms with Crippen molar-refractivity contribution in [1.82, 2.24) is 9.97 Å². The number of nitrogen functional groups attached to an aromatic ring is 1. The van der Waals surface area contributed by atoms with E-state index in [2.05, 4.69) is 31.2 Å². The predicted octanol–water partition coefficient (Wildman–Crippen LogP) is 2.67. The molecule has 3 rings (SSSR count). The Morgan fingerprint density at radius 3 is 3.00 bits per heavy atom. The quantitative estimate of drug-likeness (QED) is 0.900. The maximum Gasteiger partial charge on any atom is 0.221 e. The number of nitrogens with one attached hydrogen (secondary N) is 1. The number of halogens is 1. The normalized spacial score (nSPS) is 30.8. The SMILES string of the molecule is Nc1ncc(Br)c(NCC2CC3CCC2C3)n1. The van der Waals surface area contributed by atoms with Crippen LogP contribution in [0.5, 0.6) is 0 Å². The number of rotatable bonds is 3. The van der Waals surface area contributed by atoms with E-state index in [1.54, 1.807) is 6.20 Å². The summed E-state index contributed by atoms with van der Waals surface area (Å²) in [4.78, 5) is 8.14. The zero-order chi connectivity index (χ0) is 11.8. The summed E-state index contributed by atoms with van der Waals surface area (Å²) in [7, 11) is 0. The second-order valence-electron chi connectivity index (χ2n) is 5.24. The molecule has 2 bridgehead atoms. The highest BCUT2D eigenvalue weighted by Gasteiger charge is 2.39. The smallest absolute Gasteiger partial charge is 0.221 e. The molecule has 3 N–H and O–H groups in total. The van der Waals surface area contributed by atoms with Gasteiger partial charge in [0.05, 0.1) is 4.47 Å². The molecule has 1 aromatic heterocycles. The van der Waals surface area contributed by atoms with Gasteiger partial charge in [-0.1, -0.05) is 6.42 Å². The number of hydrogen-bond donors (Lipinski definition) is 2. The van der Waals surface area contributed by atoms with E-state index in [9.17, 15) is 0 Å². The second-order valence-corrected chi connectivity index (χ2v) is 6.09. The lowest BCUT2D eigenvalue weighted by molar-refractivity contribution is 0.348. The third-order valence-electron chi connectivity index (χ3n) is 4.18. The molecule has 17 heavy (non-hydrogen) atoms. The molecule has 3 atom stereocenters. The summed E-state index contributed by atoms with van der Waals surface area (Å²) in [6.07, 6.45) is 7.40. The maximum atomic E-state index is 5.59. The van der Waals surface area contributed by atoms with E-state index in [0.29, 0.717) is 5.95 Å². The van der Waals surface area contributed by atoms with Gasteiger partial charge in [-0.3, -0.25) is 0 Å². The lowest BCUT2D eigenvalue weighted by Crippen LogP contribution is -2.21. The van der Waals surface area contributed by atoms with Crippen molar-refractivity contribution in [2.24, 2.45) is 17.8 Å². The van der Waals surface area contributed by atoms with Crippen LogP contribution in [0.1, 0.15) is 25.7 Å². The lowest BCUT2D eigenvalue weighted by Gasteiger charge is -2.22. The predicted molar refractivity (Wildman–Crippen MR) is 71.6 cm³/mol. The molecule has 4 nitrogen and oxygen atoms in total. The molecule has 3 unspecified atom stereocenters. The molecular weight excluding hydrogens is 280 g/mol. The number of fused-ring (bicyclic) bond motifs is 2. The zero-order valence-corrected chi connectivity index (χ0v) is 11.3. The molecule has 2 aliphatic rings. The largest absolute Gasteiger partial charge is 0.369 e. The maximum absolute atomic E-state index is 5.59. The minimum Gasteiger partial charge on any atom is -0.369 e. The highest BCUT2D eigenvalue weighted by atomic mass is 79.9. The van der Waals surface area contributed by atoms with Gasteiger partial charge in [-0.2, -0.15) is 4.98 Å². The Morgan fingerprint density at radius 2 is 2.29 bits per heavy atom. The van der Waals surface area contributed by atoms with Crippen molar-refractivity contribution in [3.8, 4) is 0 Å². The lowest BCUT2D eigenvalue weighted by atomic mass is 9.89. The van der Waals surface area contributed by atoms with Crippen LogP contribution >= 0.6 is 15.9 Å². The van der Waals surface area contributed by atoms with Crippen LogP contribution in [0.25, 0.3) is 0 Å². The first-order chi connectivity index (χ1) is 8.22. The number of nitrogens with two attached hydrogens (primary N) is 1. The van der Waals surface area contributed by atoms with Gasteiger partial charge in [0, 0.05) is 12.7 Å². The molecule has 0 aliphatic heterocycles. The Labute approximate surface area is 110 Å². The summed E-state index contributed by atoms with van der Waals surface area (Å²) in [5.74, 6) is 3.89. The molecule has 2 fully saturated rings. The molecule has 0 saturated heterocycles. The van der Waals surface area contributed by atoms with Gasteiger partial charge in [0.2, 0.25) is 5.95 Å². The fraction of sp³-hybridized carbons (Fsp3) is 0.667. The fourth-order valence-corrected chi connectivity index (χ4v) is 3.69.